The van der Waals surface area contributed by atoms with Crippen molar-refractivity contribution in [3.63, 3.8) is 0 Å². The SMILES string of the molecule is C=C(C)C(=O)OCCC/C=C/CCCCCCC. The van der Waals surface area contributed by atoms with Gasteiger partial charge in [-0.2, -0.15) is 0 Å². The molecule has 0 bridgehead atoms. The van der Waals surface area contributed by atoms with Gasteiger partial charge in [-0.3, -0.25) is 0 Å². The number of esters is 1. The van der Waals surface area contributed by atoms with Crippen LogP contribution >= 0.6 is 0 Å². The van der Waals surface area contributed by atoms with Crippen molar-refractivity contribution in [3.8, 4) is 0 Å². The fourth-order valence-electron chi connectivity index (χ4n) is 1.59. The number of hydrogen-bond acceptors (Lipinski definition) is 2. The Morgan fingerprint density at radius 1 is 1.06 bits per heavy atom. The molecule has 0 aromatic heterocycles. The van der Waals surface area contributed by atoms with E-state index in [4.69, 9.17) is 4.74 Å². The first-order valence-electron chi connectivity index (χ1n) is 7.16. The Labute approximate surface area is 112 Å². The van der Waals surface area contributed by atoms with Gasteiger partial charge in [0, 0.05) is 5.57 Å². The number of unbranched alkanes of at least 4 members (excludes halogenated alkanes) is 6. The van der Waals surface area contributed by atoms with E-state index < -0.39 is 0 Å². The molecule has 0 aliphatic rings. The van der Waals surface area contributed by atoms with Crippen LogP contribution in [0, 0.1) is 0 Å². The lowest BCUT2D eigenvalue weighted by Gasteiger charge is -2.02. The van der Waals surface area contributed by atoms with Gasteiger partial charge in [0.25, 0.3) is 0 Å². The van der Waals surface area contributed by atoms with Gasteiger partial charge >= 0.3 is 5.97 Å². The van der Waals surface area contributed by atoms with E-state index in [1.807, 2.05) is 0 Å². The van der Waals surface area contributed by atoms with Crippen molar-refractivity contribution >= 4 is 5.97 Å². The second-order valence-electron chi connectivity index (χ2n) is 4.73. The van der Waals surface area contributed by atoms with Crippen LogP contribution in [-0.4, -0.2) is 12.6 Å². The minimum atomic E-state index is -0.282. The Morgan fingerprint density at radius 3 is 2.28 bits per heavy atom. The van der Waals surface area contributed by atoms with Crippen molar-refractivity contribution in [3.05, 3.63) is 24.3 Å². The van der Waals surface area contributed by atoms with Crippen molar-refractivity contribution in [1.29, 1.82) is 0 Å². The molecule has 0 aliphatic carbocycles. The largest absolute Gasteiger partial charge is 0.462 e. The third-order valence-electron chi connectivity index (χ3n) is 2.74. The van der Waals surface area contributed by atoms with Crippen LogP contribution in [0.15, 0.2) is 24.3 Å². The van der Waals surface area contributed by atoms with Crippen LogP contribution in [0.2, 0.25) is 0 Å². The molecular weight excluding hydrogens is 224 g/mol. The maximum atomic E-state index is 11.1. The number of allylic oxidation sites excluding steroid dienone is 2. The van der Waals surface area contributed by atoms with Gasteiger partial charge in [0.1, 0.15) is 0 Å². The van der Waals surface area contributed by atoms with Crippen LogP contribution < -0.4 is 0 Å². The van der Waals surface area contributed by atoms with Crippen molar-refractivity contribution < 1.29 is 9.53 Å². The molecule has 104 valence electrons. The van der Waals surface area contributed by atoms with Crippen LogP contribution in [0.1, 0.15) is 65.2 Å². The molecule has 0 aliphatic heterocycles. The number of carbonyl (C=O) groups is 1. The molecular formula is C16H28O2. The Bertz CT molecular complexity index is 254. The minimum absolute atomic E-state index is 0.282. The Hall–Kier alpha value is -1.05. The monoisotopic (exact) mass is 252 g/mol. The Kier molecular flexibility index (Phi) is 11.7. The highest BCUT2D eigenvalue weighted by Crippen LogP contribution is 2.06. The predicted octanol–water partition coefficient (Wildman–Crippen LogP) is 4.80. The molecule has 0 amide bonds. The van der Waals surface area contributed by atoms with E-state index >= 15 is 0 Å². The minimum Gasteiger partial charge on any atom is -0.462 e. The third-order valence-corrected chi connectivity index (χ3v) is 2.74. The molecule has 0 aromatic rings. The summed E-state index contributed by atoms with van der Waals surface area (Å²) in [5.74, 6) is -0.282. The van der Waals surface area contributed by atoms with E-state index in [9.17, 15) is 4.79 Å². The van der Waals surface area contributed by atoms with Gasteiger partial charge in [-0.15, -0.1) is 0 Å². The zero-order valence-corrected chi connectivity index (χ0v) is 12.0. The molecule has 0 radical (unpaired) electrons. The number of ether oxygens (including phenoxy) is 1. The number of hydrogen-bond donors (Lipinski definition) is 0. The lowest BCUT2D eigenvalue weighted by molar-refractivity contribution is -0.139. The molecule has 0 N–H and O–H groups in total. The predicted molar refractivity (Wildman–Crippen MR) is 77.5 cm³/mol. The average molecular weight is 252 g/mol. The maximum absolute atomic E-state index is 11.1. The highest BCUT2D eigenvalue weighted by Gasteiger charge is 2.00. The standard InChI is InChI=1S/C16H28O2/c1-4-5-6-7-8-9-10-11-12-13-14-18-16(17)15(2)3/h10-11H,2,4-9,12-14H2,1,3H3/b11-10+. The highest BCUT2D eigenvalue weighted by molar-refractivity contribution is 5.86. The number of rotatable bonds is 11. The molecule has 2 heteroatoms. The van der Waals surface area contributed by atoms with E-state index in [1.54, 1.807) is 6.92 Å². The molecule has 0 saturated carbocycles. The summed E-state index contributed by atoms with van der Waals surface area (Å²) in [5.41, 5.74) is 0.470. The number of carbonyl (C=O) groups excluding carboxylic acids is 1. The van der Waals surface area contributed by atoms with Gasteiger partial charge in [-0.25, -0.2) is 4.79 Å². The molecule has 0 heterocycles. The van der Waals surface area contributed by atoms with Gasteiger partial charge in [-0.05, 0) is 32.6 Å². The highest BCUT2D eigenvalue weighted by atomic mass is 16.5. The van der Waals surface area contributed by atoms with Crippen molar-refractivity contribution in [2.75, 3.05) is 6.61 Å². The van der Waals surface area contributed by atoms with Crippen molar-refractivity contribution in [2.24, 2.45) is 0 Å². The summed E-state index contributed by atoms with van der Waals surface area (Å²) in [7, 11) is 0. The topological polar surface area (TPSA) is 26.3 Å². The van der Waals surface area contributed by atoms with Crippen LogP contribution in [0.4, 0.5) is 0 Å². The van der Waals surface area contributed by atoms with Crippen molar-refractivity contribution in [2.45, 2.75) is 65.2 Å². The van der Waals surface area contributed by atoms with E-state index in [2.05, 4.69) is 25.7 Å². The first kappa shape index (κ1) is 16.9. The van der Waals surface area contributed by atoms with Crippen LogP contribution in [0.5, 0.6) is 0 Å². The van der Waals surface area contributed by atoms with Crippen LogP contribution in [-0.2, 0) is 9.53 Å². The molecule has 0 aromatic carbocycles. The van der Waals surface area contributed by atoms with Gasteiger partial charge in [0.05, 0.1) is 6.61 Å². The van der Waals surface area contributed by atoms with E-state index in [1.165, 1.54) is 38.5 Å². The van der Waals surface area contributed by atoms with Gasteiger partial charge in [0.15, 0.2) is 0 Å². The van der Waals surface area contributed by atoms with E-state index in [0.717, 1.165) is 12.8 Å². The second-order valence-corrected chi connectivity index (χ2v) is 4.73. The molecule has 0 atom stereocenters. The molecule has 0 saturated heterocycles. The van der Waals surface area contributed by atoms with Gasteiger partial charge in [-0.1, -0.05) is 51.3 Å². The molecule has 2 nitrogen and oxygen atoms in total. The van der Waals surface area contributed by atoms with Crippen molar-refractivity contribution in [1.82, 2.24) is 0 Å². The normalized spacial score (nSPS) is 10.8. The summed E-state index contributed by atoms with van der Waals surface area (Å²) < 4.78 is 5.00. The average Bonchev–Trinajstić information content (AvgIpc) is 2.35. The Morgan fingerprint density at radius 2 is 1.67 bits per heavy atom. The lowest BCUT2D eigenvalue weighted by Crippen LogP contribution is -2.05. The second kappa shape index (κ2) is 12.4. The van der Waals surface area contributed by atoms with E-state index in [0.29, 0.717) is 12.2 Å². The molecule has 0 spiro atoms. The zero-order valence-electron chi connectivity index (χ0n) is 12.0. The van der Waals surface area contributed by atoms with Crippen LogP contribution in [0.3, 0.4) is 0 Å². The molecule has 18 heavy (non-hydrogen) atoms. The summed E-state index contributed by atoms with van der Waals surface area (Å²) in [6.45, 7) is 7.93. The fourth-order valence-corrected chi connectivity index (χ4v) is 1.59. The third kappa shape index (κ3) is 11.4. The van der Waals surface area contributed by atoms with Gasteiger partial charge in [0.2, 0.25) is 0 Å². The zero-order chi connectivity index (χ0) is 13.6. The van der Waals surface area contributed by atoms with Gasteiger partial charge < -0.3 is 4.74 Å². The molecule has 0 fully saturated rings. The Balaban J connectivity index is 3.23. The fraction of sp³-hybridized carbons (Fsp3) is 0.688. The summed E-state index contributed by atoms with van der Waals surface area (Å²) in [4.78, 5) is 11.1. The summed E-state index contributed by atoms with van der Waals surface area (Å²) in [6.07, 6.45) is 14.1. The molecule has 0 rings (SSSR count). The first-order valence-corrected chi connectivity index (χ1v) is 7.16. The smallest absolute Gasteiger partial charge is 0.333 e. The maximum Gasteiger partial charge on any atom is 0.333 e. The lowest BCUT2D eigenvalue weighted by atomic mass is 10.1. The van der Waals surface area contributed by atoms with Crippen LogP contribution in [0.25, 0.3) is 0 Å². The molecule has 0 unspecified atom stereocenters. The summed E-state index contributed by atoms with van der Waals surface area (Å²) >= 11 is 0. The summed E-state index contributed by atoms with van der Waals surface area (Å²) in [5, 5.41) is 0. The quantitative estimate of drug-likeness (QED) is 0.228. The first-order chi connectivity index (χ1) is 8.68. The van der Waals surface area contributed by atoms with E-state index in [-0.39, 0.29) is 5.97 Å². The summed E-state index contributed by atoms with van der Waals surface area (Å²) in [6, 6.07) is 0.